The van der Waals surface area contributed by atoms with Gasteiger partial charge in [0.15, 0.2) is 0 Å². The fraction of sp³-hybridized carbons (Fsp3) is 0.462. The van der Waals surface area contributed by atoms with E-state index in [9.17, 15) is 9.18 Å². The average Bonchev–Trinajstić information content (AvgIpc) is 2.83. The van der Waals surface area contributed by atoms with Crippen molar-refractivity contribution >= 4 is 21.8 Å². The van der Waals surface area contributed by atoms with Crippen LogP contribution in [0.2, 0.25) is 0 Å². The molecular formula is C13H16BrFN2O. The molecule has 0 spiro atoms. The maximum absolute atomic E-state index is 13.3. The van der Waals surface area contributed by atoms with Crippen LogP contribution in [0.1, 0.15) is 24.8 Å². The molecule has 2 N–H and O–H groups in total. The van der Waals surface area contributed by atoms with Crippen LogP contribution in [-0.2, 0) is 11.3 Å². The van der Waals surface area contributed by atoms with Crippen LogP contribution < -0.4 is 10.6 Å². The molecule has 98 valence electrons. The number of hydrogen-bond donors (Lipinski definition) is 2. The van der Waals surface area contributed by atoms with Gasteiger partial charge in [-0.2, -0.15) is 0 Å². The van der Waals surface area contributed by atoms with Gasteiger partial charge in [0, 0.05) is 19.0 Å². The van der Waals surface area contributed by atoms with Gasteiger partial charge in [0.1, 0.15) is 5.82 Å². The molecule has 1 atom stereocenters. The standard InChI is InChI=1S/C13H16BrFN2O/c14-11-4-3-9(6-12(11)15)8-17-13(18)7-10-2-1-5-16-10/h3-4,6,10,16H,1-2,5,7-8H2,(H,17,18). The van der Waals surface area contributed by atoms with E-state index in [-0.39, 0.29) is 11.7 Å². The minimum Gasteiger partial charge on any atom is -0.352 e. The second kappa shape index (κ2) is 6.29. The minimum absolute atomic E-state index is 0.0118. The van der Waals surface area contributed by atoms with Gasteiger partial charge in [-0.05, 0) is 53.0 Å². The molecule has 0 radical (unpaired) electrons. The van der Waals surface area contributed by atoms with E-state index in [4.69, 9.17) is 0 Å². The largest absolute Gasteiger partial charge is 0.352 e. The van der Waals surface area contributed by atoms with Crippen molar-refractivity contribution < 1.29 is 9.18 Å². The summed E-state index contributed by atoms with van der Waals surface area (Å²) in [7, 11) is 0. The molecule has 1 aromatic carbocycles. The van der Waals surface area contributed by atoms with E-state index in [2.05, 4.69) is 26.6 Å². The van der Waals surface area contributed by atoms with Crippen molar-refractivity contribution in [3.8, 4) is 0 Å². The van der Waals surface area contributed by atoms with E-state index >= 15 is 0 Å². The molecule has 1 amide bonds. The summed E-state index contributed by atoms with van der Waals surface area (Å²) in [6.45, 7) is 1.37. The third-order valence-electron chi connectivity index (χ3n) is 3.07. The lowest BCUT2D eigenvalue weighted by Gasteiger charge is -2.10. The summed E-state index contributed by atoms with van der Waals surface area (Å²) in [6, 6.07) is 5.17. The quantitative estimate of drug-likeness (QED) is 0.895. The van der Waals surface area contributed by atoms with E-state index < -0.39 is 0 Å². The van der Waals surface area contributed by atoms with Crippen LogP contribution in [0, 0.1) is 5.82 Å². The highest BCUT2D eigenvalue weighted by Crippen LogP contribution is 2.16. The smallest absolute Gasteiger partial charge is 0.221 e. The fourth-order valence-corrected chi connectivity index (χ4v) is 2.32. The molecule has 1 aromatic rings. The summed E-state index contributed by atoms with van der Waals surface area (Å²) in [5, 5.41) is 6.09. The number of rotatable bonds is 4. The zero-order chi connectivity index (χ0) is 13.0. The van der Waals surface area contributed by atoms with Crippen LogP contribution in [0.5, 0.6) is 0 Å². The van der Waals surface area contributed by atoms with Gasteiger partial charge in [0.2, 0.25) is 5.91 Å². The van der Waals surface area contributed by atoms with Crippen molar-refractivity contribution in [2.75, 3.05) is 6.54 Å². The van der Waals surface area contributed by atoms with Crippen molar-refractivity contribution in [1.82, 2.24) is 10.6 Å². The minimum atomic E-state index is -0.306. The lowest BCUT2D eigenvalue weighted by molar-refractivity contribution is -0.121. The number of amides is 1. The van der Waals surface area contributed by atoms with Crippen LogP contribution in [0.4, 0.5) is 4.39 Å². The van der Waals surface area contributed by atoms with Gasteiger partial charge in [0.25, 0.3) is 0 Å². The predicted molar refractivity (Wildman–Crippen MR) is 71.6 cm³/mol. The van der Waals surface area contributed by atoms with Crippen LogP contribution in [0.15, 0.2) is 22.7 Å². The average molecular weight is 315 g/mol. The van der Waals surface area contributed by atoms with Gasteiger partial charge in [-0.25, -0.2) is 4.39 Å². The van der Waals surface area contributed by atoms with Gasteiger partial charge < -0.3 is 10.6 Å². The predicted octanol–water partition coefficient (Wildman–Crippen LogP) is 2.35. The molecule has 18 heavy (non-hydrogen) atoms. The molecule has 3 nitrogen and oxygen atoms in total. The van der Waals surface area contributed by atoms with Crippen LogP contribution in [-0.4, -0.2) is 18.5 Å². The van der Waals surface area contributed by atoms with Crippen molar-refractivity contribution in [2.45, 2.75) is 31.8 Å². The van der Waals surface area contributed by atoms with E-state index in [0.717, 1.165) is 24.9 Å². The Morgan fingerprint density at radius 3 is 3.06 bits per heavy atom. The second-order valence-electron chi connectivity index (χ2n) is 4.52. The summed E-state index contributed by atoms with van der Waals surface area (Å²) in [5.74, 6) is -0.295. The van der Waals surface area contributed by atoms with Gasteiger partial charge >= 0.3 is 0 Å². The summed E-state index contributed by atoms with van der Waals surface area (Å²) in [4.78, 5) is 11.7. The van der Waals surface area contributed by atoms with Crippen LogP contribution in [0.3, 0.4) is 0 Å². The molecule has 1 fully saturated rings. The van der Waals surface area contributed by atoms with Crippen molar-refractivity contribution in [2.24, 2.45) is 0 Å². The maximum atomic E-state index is 13.3. The molecule has 1 unspecified atom stereocenters. The molecule has 0 aliphatic carbocycles. The summed E-state index contributed by atoms with van der Waals surface area (Å²) >= 11 is 3.10. The number of halogens is 2. The number of carbonyl (C=O) groups is 1. The molecule has 5 heteroatoms. The molecule has 0 saturated carbocycles. The highest BCUT2D eigenvalue weighted by Gasteiger charge is 2.17. The van der Waals surface area contributed by atoms with Gasteiger partial charge in [0.05, 0.1) is 4.47 Å². The molecule has 1 aliphatic rings. The van der Waals surface area contributed by atoms with Crippen LogP contribution in [0.25, 0.3) is 0 Å². The first-order valence-electron chi connectivity index (χ1n) is 6.09. The fourth-order valence-electron chi connectivity index (χ4n) is 2.08. The summed E-state index contributed by atoms with van der Waals surface area (Å²) in [5.41, 5.74) is 0.767. The Hall–Kier alpha value is -0.940. The van der Waals surface area contributed by atoms with Gasteiger partial charge in [-0.1, -0.05) is 6.07 Å². The molecule has 0 bridgehead atoms. The monoisotopic (exact) mass is 314 g/mol. The first-order valence-corrected chi connectivity index (χ1v) is 6.88. The van der Waals surface area contributed by atoms with Crippen molar-refractivity contribution in [3.63, 3.8) is 0 Å². The van der Waals surface area contributed by atoms with Crippen molar-refractivity contribution in [1.29, 1.82) is 0 Å². The molecule has 1 saturated heterocycles. The summed E-state index contributed by atoms with van der Waals surface area (Å²) in [6.07, 6.45) is 2.69. The third kappa shape index (κ3) is 3.78. The zero-order valence-electron chi connectivity index (χ0n) is 10.0. The van der Waals surface area contributed by atoms with Crippen LogP contribution >= 0.6 is 15.9 Å². The Morgan fingerprint density at radius 1 is 1.56 bits per heavy atom. The first kappa shape index (κ1) is 13.5. The Kier molecular flexibility index (Phi) is 4.72. The second-order valence-corrected chi connectivity index (χ2v) is 5.38. The molecule has 2 rings (SSSR count). The highest BCUT2D eigenvalue weighted by molar-refractivity contribution is 9.10. The third-order valence-corrected chi connectivity index (χ3v) is 3.71. The normalized spacial score (nSPS) is 18.9. The van der Waals surface area contributed by atoms with Gasteiger partial charge in [-0.15, -0.1) is 0 Å². The van der Waals surface area contributed by atoms with E-state index in [1.807, 2.05) is 0 Å². The Bertz CT molecular complexity index is 433. The molecule has 1 aliphatic heterocycles. The Labute approximate surface area is 114 Å². The highest BCUT2D eigenvalue weighted by atomic mass is 79.9. The molecular weight excluding hydrogens is 299 g/mol. The Morgan fingerprint density at radius 2 is 2.39 bits per heavy atom. The SMILES string of the molecule is O=C(CC1CCCN1)NCc1ccc(Br)c(F)c1. The van der Waals surface area contributed by atoms with E-state index in [1.165, 1.54) is 6.07 Å². The lowest BCUT2D eigenvalue weighted by atomic mass is 10.1. The maximum Gasteiger partial charge on any atom is 0.221 e. The topological polar surface area (TPSA) is 41.1 Å². The summed E-state index contributed by atoms with van der Waals surface area (Å²) < 4.78 is 13.7. The number of hydrogen-bond acceptors (Lipinski definition) is 2. The van der Waals surface area contributed by atoms with Crippen molar-refractivity contribution in [3.05, 3.63) is 34.1 Å². The molecule has 0 aromatic heterocycles. The first-order chi connectivity index (χ1) is 8.65. The Balaban J connectivity index is 1.79. The number of benzene rings is 1. The van der Waals surface area contributed by atoms with E-state index in [1.54, 1.807) is 12.1 Å². The number of nitrogens with one attached hydrogen (secondary N) is 2. The number of carbonyl (C=O) groups excluding carboxylic acids is 1. The van der Waals surface area contributed by atoms with E-state index in [0.29, 0.717) is 23.5 Å². The zero-order valence-corrected chi connectivity index (χ0v) is 11.6. The molecule has 1 heterocycles. The van der Waals surface area contributed by atoms with Gasteiger partial charge in [-0.3, -0.25) is 4.79 Å². The lowest BCUT2D eigenvalue weighted by Crippen LogP contribution is -2.31.